The number of rotatable bonds is 5. The number of carbonyl (C=O) groups excluding carboxylic acids is 2. The Kier molecular flexibility index (Phi) is 5.37. The Morgan fingerprint density at radius 3 is 2.59 bits per heavy atom. The summed E-state index contributed by atoms with van der Waals surface area (Å²) < 4.78 is 5.31. The van der Waals surface area contributed by atoms with Crippen LogP contribution in [0.4, 0.5) is 5.69 Å². The highest BCUT2D eigenvalue weighted by Gasteiger charge is 2.10. The Hall–Kier alpha value is -2.54. The molecule has 2 aromatic rings. The van der Waals surface area contributed by atoms with Crippen LogP contribution in [0.2, 0.25) is 0 Å². The molecule has 114 valence electrons. The average molecular weight is 318 g/mol. The van der Waals surface area contributed by atoms with E-state index in [1.807, 2.05) is 0 Å². The van der Waals surface area contributed by atoms with Crippen molar-refractivity contribution >= 4 is 29.3 Å². The second-order valence-corrected chi connectivity index (χ2v) is 5.27. The summed E-state index contributed by atoms with van der Waals surface area (Å²) in [5, 5.41) is 14.6. The first kappa shape index (κ1) is 15.8. The number of methoxy groups -OCH3 is 1. The van der Waals surface area contributed by atoms with Crippen LogP contribution in [0, 0.1) is 5.21 Å². The summed E-state index contributed by atoms with van der Waals surface area (Å²) in [7, 11) is 1.31. The highest BCUT2D eigenvalue weighted by molar-refractivity contribution is 7.99. The normalized spacial score (nSPS) is 10.0. The number of nitrogens with one attached hydrogen (secondary N) is 1. The second kappa shape index (κ2) is 7.46. The van der Waals surface area contributed by atoms with Crippen molar-refractivity contribution in [2.45, 2.75) is 5.03 Å². The summed E-state index contributed by atoms with van der Waals surface area (Å²) in [5.74, 6) is -0.553. The van der Waals surface area contributed by atoms with Gasteiger partial charge >= 0.3 is 5.97 Å². The van der Waals surface area contributed by atoms with Crippen molar-refractivity contribution in [3.8, 4) is 0 Å². The number of ether oxygens (including phenoxy) is 1. The zero-order valence-electron chi connectivity index (χ0n) is 11.8. The topological polar surface area (TPSA) is 82.3 Å². The molecule has 0 aliphatic heterocycles. The van der Waals surface area contributed by atoms with Crippen molar-refractivity contribution in [1.82, 2.24) is 0 Å². The van der Waals surface area contributed by atoms with Crippen molar-refractivity contribution in [2.75, 3.05) is 18.2 Å². The third-order valence-electron chi connectivity index (χ3n) is 2.73. The number of esters is 1. The van der Waals surface area contributed by atoms with E-state index in [0.29, 0.717) is 21.0 Å². The van der Waals surface area contributed by atoms with E-state index in [1.165, 1.54) is 13.3 Å². The molecule has 0 atom stereocenters. The monoisotopic (exact) mass is 318 g/mol. The first-order valence-corrected chi connectivity index (χ1v) is 7.38. The van der Waals surface area contributed by atoms with Crippen molar-refractivity contribution < 1.29 is 19.1 Å². The van der Waals surface area contributed by atoms with Gasteiger partial charge in [-0.15, -0.1) is 0 Å². The molecule has 0 saturated heterocycles. The Labute approximate surface area is 131 Å². The van der Waals surface area contributed by atoms with Gasteiger partial charge in [-0.25, -0.2) is 4.79 Å². The molecule has 0 unspecified atom stereocenters. The molecule has 7 heteroatoms. The van der Waals surface area contributed by atoms with Crippen molar-refractivity contribution in [3.63, 3.8) is 0 Å². The number of anilines is 1. The van der Waals surface area contributed by atoms with E-state index in [1.54, 1.807) is 42.5 Å². The first-order valence-electron chi connectivity index (χ1n) is 6.39. The smallest absolute Gasteiger partial charge is 0.337 e. The van der Waals surface area contributed by atoms with Crippen LogP contribution < -0.4 is 10.0 Å². The molecule has 1 aromatic heterocycles. The number of nitrogens with zero attached hydrogens (tertiary/aromatic N) is 1. The number of hydrogen-bond acceptors (Lipinski definition) is 5. The van der Waals surface area contributed by atoms with E-state index >= 15 is 0 Å². The molecule has 0 saturated carbocycles. The lowest BCUT2D eigenvalue weighted by molar-refractivity contribution is -0.645. The van der Waals surface area contributed by atoms with Crippen LogP contribution in [0.5, 0.6) is 0 Å². The lowest BCUT2D eigenvalue weighted by Crippen LogP contribution is -2.28. The highest BCUT2D eigenvalue weighted by Crippen LogP contribution is 2.14. The predicted molar refractivity (Wildman–Crippen MR) is 82.5 cm³/mol. The van der Waals surface area contributed by atoms with Gasteiger partial charge in [0.15, 0.2) is 6.20 Å². The number of aromatic nitrogens is 1. The molecular weight excluding hydrogens is 304 g/mol. The van der Waals surface area contributed by atoms with E-state index in [9.17, 15) is 14.8 Å². The zero-order valence-corrected chi connectivity index (χ0v) is 12.6. The fourth-order valence-corrected chi connectivity index (χ4v) is 2.38. The van der Waals surface area contributed by atoms with Crippen LogP contribution >= 0.6 is 11.8 Å². The number of amides is 1. The van der Waals surface area contributed by atoms with Gasteiger partial charge in [0.1, 0.15) is 0 Å². The van der Waals surface area contributed by atoms with Crippen LogP contribution in [0.15, 0.2) is 53.7 Å². The Bertz CT molecular complexity index is 673. The quantitative estimate of drug-likeness (QED) is 0.394. The van der Waals surface area contributed by atoms with Crippen LogP contribution in [-0.2, 0) is 9.53 Å². The van der Waals surface area contributed by atoms with Crippen LogP contribution in [0.25, 0.3) is 0 Å². The van der Waals surface area contributed by atoms with Crippen molar-refractivity contribution in [3.05, 3.63) is 59.4 Å². The van der Waals surface area contributed by atoms with Crippen LogP contribution in [0.3, 0.4) is 0 Å². The van der Waals surface area contributed by atoms with E-state index in [-0.39, 0.29) is 11.7 Å². The van der Waals surface area contributed by atoms with Gasteiger partial charge in [0.05, 0.1) is 18.4 Å². The lowest BCUT2D eigenvalue weighted by atomic mass is 10.2. The molecule has 0 aliphatic rings. The molecule has 1 aromatic carbocycles. The number of pyridine rings is 1. The maximum atomic E-state index is 11.8. The molecule has 1 heterocycles. The SMILES string of the molecule is COC(=O)c1ccc(NC(=O)CSc2cccc[n+]2[O-])cc1. The Balaban J connectivity index is 1.89. The fraction of sp³-hybridized carbons (Fsp3) is 0.133. The molecule has 1 N–H and O–H groups in total. The number of thioether (sulfide) groups is 1. The summed E-state index contributed by atoms with van der Waals surface area (Å²) in [6.45, 7) is 0. The summed E-state index contributed by atoms with van der Waals surface area (Å²) >= 11 is 1.15. The van der Waals surface area contributed by atoms with Crippen molar-refractivity contribution in [1.29, 1.82) is 0 Å². The summed E-state index contributed by atoms with van der Waals surface area (Å²) in [4.78, 5) is 23.1. The lowest BCUT2D eigenvalue weighted by Gasteiger charge is -2.06. The summed E-state index contributed by atoms with van der Waals surface area (Å²) in [6.07, 6.45) is 1.38. The molecule has 6 nitrogen and oxygen atoms in total. The molecular formula is C15H14N2O4S. The van der Waals surface area contributed by atoms with Gasteiger partial charge in [-0.3, -0.25) is 4.79 Å². The van der Waals surface area contributed by atoms with E-state index in [0.717, 1.165) is 11.8 Å². The van der Waals surface area contributed by atoms with Gasteiger partial charge in [-0.1, -0.05) is 0 Å². The maximum Gasteiger partial charge on any atom is 0.337 e. The Morgan fingerprint density at radius 1 is 1.23 bits per heavy atom. The molecule has 0 fully saturated rings. The second-order valence-electron chi connectivity index (χ2n) is 4.27. The molecule has 2 rings (SSSR count). The van der Waals surface area contributed by atoms with Crippen LogP contribution in [-0.4, -0.2) is 24.7 Å². The summed E-state index contributed by atoms with van der Waals surface area (Å²) in [5.41, 5.74) is 0.980. The van der Waals surface area contributed by atoms with E-state index in [4.69, 9.17) is 0 Å². The van der Waals surface area contributed by atoms with Gasteiger partial charge < -0.3 is 15.3 Å². The van der Waals surface area contributed by atoms with Crippen LogP contribution in [0.1, 0.15) is 10.4 Å². The molecule has 0 spiro atoms. The number of hydrogen-bond donors (Lipinski definition) is 1. The van der Waals surface area contributed by atoms with Gasteiger partial charge in [0.2, 0.25) is 5.91 Å². The minimum atomic E-state index is -0.433. The molecule has 0 radical (unpaired) electrons. The Morgan fingerprint density at radius 2 is 1.95 bits per heavy atom. The molecule has 0 bridgehead atoms. The fourth-order valence-electron chi connectivity index (χ4n) is 1.67. The average Bonchev–Trinajstić information content (AvgIpc) is 2.54. The van der Waals surface area contributed by atoms with Gasteiger partial charge in [0, 0.05) is 17.8 Å². The number of carbonyl (C=O) groups is 2. The first-order chi connectivity index (χ1) is 10.6. The summed E-state index contributed by atoms with van der Waals surface area (Å²) in [6, 6.07) is 11.4. The van der Waals surface area contributed by atoms with E-state index in [2.05, 4.69) is 10.1 Å². The third kappa shape index (κ3) is 4.23. The van der Waals surface area contributed by atoms with Gasteiger partial charge in [-0.2, -0.15) is 4.73 Å². The molecule has 1 amide bonds. The van der Waals surface area contributed by atoms with Gasteiger partial charge in [0.25, 0.3) is 5.03 Å². The highest BCUT2D eigenvalue weighted by atomic mass is 32.2. The van der Waals surface area contributed by atoms with Crippen molar-refractivity contribution in [2.24, 2.45) is 0 Å². The predicted octanol–water partition coefficient (Wildman–Crippen LogP) is 1.84. The standard InChI is InChI=1S/C15H14N2O4S/c1-21-15(19)11-5-7-12(8-6-11)16-13(18)10-22-14-4-2-3-9-17(14)20/h2-9H,10H2,1H3,(H,16,18). The van der Waals surface area contributed by atoms with Gasteiger partial charge in [-0.05, 0) is 42.1 Å². The minimum Gasteiger partial charge on any atom is -0.618 e. The molecule has 22 heavy (non-hydrogen) atoms. The maximum absolute atomic E-state index is 11.8. The number of benzene rings is 1. The zero-order chi connectivity index (χ0) is 15.9. The largest absolute Gasteiger partial charge is 0.618 e. The third-order valence-corrected chi connectivity index (χ3v) is 3.75. The van der Waals surface area contributed by atoms with E-state index < -0.39 is 5.97 Å². The molecule has 0 aliphatic carbocycles. The minimum absolute atomic E-state index is 0.116.